The molecule has 1 heteroatoms. The highest BCUT2D eigenvalue weighted by Gasteiger charge is 1.64. The van der Waals surface area contributed by atoms with Crippen LogP contribution in [0.25, 0.3) is 0 Å². The van der Waals surface area contributed by atoms with E-state index in [1.807, 2.05) is 13.0 Å². The topological polar surface area (TPSA) is 23.8 Å². The largest absolute Gasteiger partial charge is 0.193 e. The second-order valence-corrected chi connectivity index (χ2v) is 2.41. The Kier molecular flexibility index (Phi) is 22.4. The van der Waals surface area contributed by atoms with Gasteiger partial charge in [0.2, 0.25) is 0 Å². The third-order valence-corrected chi connectivity index (χ3v) is 0.706. The van der Waals surface area contributed by atoms with E-state index in [2.05, 4.69) is 32.9 Å². The van der Waals surface area contributed by atoms with Crippen molar-refractivity contribution < 1.29 is 0 Å². The summed E-state index contributed by atoms with van der Waals surface area (Å²) in [7, 11) is 0. The zero-order valence-electron chi connectivity index (χ0n) is 9.21. The fourth-order valence-electron chi connectivity index (χ4n) is 0. The molecule has 0 radical (unpaired) electrons. The predicted molar refractivity (Wildman–Crippen MR) is 65.8 cm³/mol. The second kappa shape index (κ2) is 17.3. The maximum Gasteiger partial charge on any atom is 0.0937 e. The van der Waals surface area contributed by atoms with E-state index in [1.165, 1.54) is 0 Å². The maximum atomic E-state index is 7.79. The molecule has 0 aliphatic carbocycles. The number of hydrogen-bond acceptors (Lipinski definition) is 1. The van der Waals surface area contributed by atoms with E-state index in [0.717, 1.165) is 5.57 Å². The average molecular weight is 189 g/mol. The van der Waals surface area contributed by atoms with Crippen LogP contribution >= 0.6 is 0 Å². The van der Waals surface area contributed by atoms with Crippen molar-refractivity contribution in [1.82, 2.24) is 0 Å². The van der Waals surface area contributed by atoms with Crippen molar-refractivity contribution in [2.24, 2.45) is 0 Å². The highest BCUT2D eigenvalue weighted by molar-refractivity contribution is 5.11. The molecular formula is C13H19N. The molecule has 14 heavy (non-hydrogen) atoms. The zero-order valence-corrected chi connectivity index (χ0v) is 9.21. The van der Waals surface area contributed by atoms with Crippen LogP contribution in [0.1, 0.15) is 13.8 Å². The number of hydrogen-bond donors (Lipinski definition) is 0. The lowest BCUT2D eigenvalue weighted by molar-refractivity contribution is 1.46. The predicted octanol–water partition coefficient (Wildman–Crippen LogP) is 4.19. The van der Waals surface area contributed by atoms with Crippen LogP contribution in [0.3, 0.4) is 0 Å². The van der Waals surface area contributed by atoms with Gasteiger partial charge in [0.25, 0.3) is 0 Å². The Bertz CT molecular complexity index is 232. The molecule has 0 heterocycles. The fraction of sp³-hybridized carbons (Fsp3) is 0.154. The summed E-state index contributed by atoms with van der Waals surface area (Å²) in [5.74, 6) is 0. The van der Waals surface area contributed by atoms with Crippen LogP contribution in [0.2, 0.25) is 0 Å². The molecule has 76 valence electrons. The van der Waals surface area contributed by atoms with Crippen LogP contribution in [-0.2, 0) is 0 Å². The third-order valence-electron chi connectivity index (χ3n) is 0.706. The van der Waals surface area contributed by atoms with Crippen LogP contribution in [-0.4, -0.2) is 0 Å². The van der Waals surface area contributed by atoms with Crippen molar-refractivity contribution >= 4 is 0 Å². The highest BCUT2D eigenvalue weighted by Crippen LogP contribution is 1.81. The molecule has 0 spiro atoms. The van der Waals surface area contributed by atoms with E-state index in [9.17, 15) is 0 Å². The van der Waals surface area contributed by atoms with Crippen molar-refractivity contribution in [3.05, 3.63) is 62.3 Å². The summed E-state index contributed by atoms with van der Waals surface area (Å²) < 4.78 is 0. The summed E-state index contributed by atoms with van der Waals surface area (Å²) in [5.41, 5.74) is 1.58. The van der Waals surface area contributed by atoms with Gasteiger partial charge in [-0.3, -0.25) is 0 Å². The normalized spacial score (nSPS) is 5.79. The Balaban J connectivity index is -0.000000131. The molecule has 0 aliphatic rings. The lowest BCUT2D eigenvalue weighted by atomic mass is 10.4. The Labute approximate surface area is 88.1 Å². The minimum absolute atomic E-state index is 0.560. The third kappa shape index (κ3) is 84.6. The first-order valence-electron chi connectivity index (χ1n) is 4.03. The lowest BCUT2D eigenvalue weighted by Gasteiger charge is -1.71. The standard InChI is InChI=1S/C5H8.C4H5N.C4H6/c1-4-5(2)3;1-4(2)3-5;1-3-4-2/h4H,1-2H2,3H3;1H2,2H3;3-4H,1-2H2. The quantitative estimate of drug-likeness (QED) is 0.472. The van der Waals surface area contributed by atoms with Crippen molar-refractivity contribution in [2.75, 3.05) is 0 Å². The first kappa shape index (κ1) is 18.1. The molecule has 0 rings (SSSR count). The molecule has 0 atom stereocenters. The van der Waals surface area contributed by atoms with Crippen molar-refractivity contribution in [3.63, 3.8) is 0 Å². The minimum atomic E-state index is 0.560. The molecule has 1 nitrogen and oxygen atoms in total. The second-order valence-electron chi connectivity index (χ2n) is 2.41. The van der Waals surface area contributed by atoms with Gasteiger partial charge in [0.15, 0.2) is 0 Å². The van der Waals surface area contributed by atoms with Gasteiger partial charge >= 0.3 is 0 Å². The van der Waals surface area contributed by atoms with Gasteiger partial charge in [-0.15, -0.1) is 0 Å². The first-order valence-corrected chi connectivity index (χ1v) is 4.03. The molecular weight excluding hydrogens is 170 g/mol. The maximum absolute atomic E-state index is 7.79. The van der Waals surface area contributed by atoms with Crippen LogP contribution < -0.4 is 0 Å². The first-order chi connectivity index (χ1) is 6.45. The number of rotatable bonds is 2. The van der Waals surface area contributed by atoms with E-state index in [1.54, 1.807) is 25.2 Å². The summed E-state index contributed by atoms with van der Waals surface area (Å²) in [6.45, 7) is 20.6. The van der Waals surface area contributed by atoms with Crippen molar-refractivity contribution in [3.8, 4) is 6.07 Å². The summed E-state index contributed by atoms with van der Waals surface area (Å²) in [6, 6.07) is 1.83. The van der Waals surface area contributed by atoms with E-state index >= 15 is 0 Å². The molecule has 0 aromatic heterocycles. The van der Waals surface area contributed by atoms with Gasteiger partial charge < -0.3 is 0 Å². The monoisotopic (exact) mass is 189 g/mol. The Morgan fingerprint density at radius 1 is 1.07 bits per heavy atom. The number of nitriles is 1. The van der Waals surface area contributed by atoms with Crippen molar-refractivity contribution in [2.45, 2.75) is 13.8 Å². The average Bonchev–Trinajstić information content (AvgIpc) is 2.19. The molecule has 0 bridgehead atoms. The summed E-state index contributed by atoms with van der Waals surface area (Å²) in [6.07, 6.45) is 5.00. The van der Waals surface area contributed by atoms with E-state index < -0.39 is 0 Å². The van der Waals surface area contributed by atoms with E-state index in [0.29, 0.717) is 5.57 Å². The van der Waals surface area contributed by atoms with Gasteiger partial charge in [-0.05, 0) is 13.8 Å². The Hall–Kier alpha value is -1.81. The van der Waals surface area contributed by atoms with Gasteiger partial charge in [-0.2, -0.15) is 5.26 Å². The van der Waals surface area contributed by atoms with Crippen LogP contribution in [0.5, 0.6) is 0 Å². The van der Waals surface area contributed by atoms with Crippen LogP contribution in [0, 0.1) is 11.3 Å². The van der Waals surface area contributed by atoms with Crippen LogP contribution in [0.4, 0.5) is 0 Å². The van der Waals surface area contributed by atoms with E-state index in [-0.39, 0.29) is 0 Å². The highest BCUT2D eigenvalue weighted by atomic mass is 14.2. The van der Waals surface area contributed by atoms with Gasteiger partial charge in [-0.1, -0.05) is 56.7 Å². The summed E-state index contributed by atoms with van der Waals surface area (Å²) >= 11 is 0. The molecule has 0 fully saturated rings. The SMILES string of the molecule is C=C(C)C#N.C=CC(=C)C.C=CC=C. The molecule has 0 aliphatic heterocycles. The summed E-state index contributed by atoms with van der Waals surface area (Å²) in [4.78, 5) is 0. The Morgan fingerprint density at radius 2 is 1.29 bits per heavy atom. The van der Waals surface area contributed by atoms with E-state index in [4.69, 9.17) is 5.26 Å². The molecule has 0 saturated carbocycles. The van der Waals surface area contributed by atoms with Gasteiger partial charge in [0, 0.05) is 5.57 Å². The fourth-order valence-corrected chi connectivity index (χ4v) is 0. The molecule has 0 aromatic carbocycles. The molecule has 0 unspecified atom stereocenters. The number of nitrogens with zero attached hydrogens (tertiary/aromatic N) is 1. The van der Waals surface area contributed by atoms with Crippen LogP contribution in [0.15, 0.2) is 62.3 Å². The minimum Gasteiger partial charge on any atom is -0.193 e. The molecule has 0 amide bonds. The number of allylic oxidation sites excluding steroid dienone is 5. The molecule has 0 N–H and O–H groups in total. The Morgan fingerprint density at radius 3 is 1.29 bits per heavy atom. The van der Waals surface area contributed by atoms with Gasteiger partial charge in [0.1, 0.15) is 0 Å². The lowest BCUT2D eigenvalue weighted by Crippen LogP contribution is -1.51. The summed E-state index contributed by atoms with van der Waals surface area (Å²) in [5, 5.41) is 7.79. The smallest absolute Gasteiger partial charge is 0.0937 e. The zero-order chi connectivity index (χ0) is 12.0. The molecule has 0 saturated heterocycles. The van der Waals surface area contributed by atoms with Crippen molar-refractivity contribution in [1.29, 1.82) is 5.26 Å². The van der Waals surface area contributed by atoms with Gasteiger partial charge in [-0.25, -0.2) is 0 Å². The molecule has 0 aromatic rings. The van der Waals surface area contributed by atoms with Gasteiger partial charge in [0.05, 0.1) is 6.07 Å².